The predicted octanol–water partition coefficient (Wildman–Crippen LogP) is 6.13. The first kappa shape index (κ1) is 14.4. The molecule has 1 aromatic heterocycles. The number of halogens is 1. The first-order valence-electron chi connectivity index (χ1n) is 8.19. The van der Waals surface area contributed by atoms with Gasteiger partial charge in [-0.1, -0.05) is 54.1 Å². The van der Waals surface area contributed by atoms with Crippen LogP contribution < -0.4 is 10.1 Å². The average molecular weight is 347 g/mol. The van der Waals surface area contributed by atoms with Gasteiger partial charge >= 0.3 is 0 Å². The molecule has 0 radical (unpaired) electrons. The van der Waals surface area contributed by atoms with E-state index in [1.807, 2.05) is 42.5 Å². The molecular formula is C21H15ClN2O. The number of aromatic nitrogens is 1. The Kier molecular flexibility index (Phi) is 3.22. The molecular weight excluding hydrogens is 332 g/mol. The minimum atomic E-state index is -0.0616. The van der Waals surface area contributed by atoms with E-state index in [0.29, 0.717) is 10.8 Å². The lowest BCUT2D eigenvalue weighted by Crippen LogP contribution is -2.11. The van der Waals surface area contributed by atoms with Crippen LogP contribution in [0.4, 0.5) is 5.69 Å². The number of para-hydroxylation sites is 4. The van der Waals surface area contributed by atoms with Crippen LogP contribution in [0.1, 0.15) is 17.2 Å². The van der Waals surface area contributed by atoms with Crippen molar-refractivity contribution in [2.45, 2.75) is 6.04 Å². The Hall–Kier alpha value is -2.91. The van der Waals surface area contributed by atoms with Crippen molar-refractivity contribution >= 4 is 28.2 Å². The number of hydrogen-bond acceptors (Lipinski definition) is 2. The van der Waals surface area contributed by atoms with E-state index in [1.54, 1.807) is 0 Å². The van der Waals surface area contributed by atoms with E-state index >= 15 is 0 Å². The highest BCUT2D eigenvalue weighted by Crippen LogP contribution is 2.46. The topological polar surface area (TPSA) is 37.0 Å². The molecule has 0 fully saturated rings. The second kappa shape index (κ2) is 5.57. The van der Waals surface area contributed by atoms with Crippen LogP contribution in [0.3, 0.4) is 0 Å². The Morgan fingerprint density at radius 3 is 2.64 bits per heavy atom. The number of H-pyrrole nitrogens is 1. The molecule has 0 spiro atoms. The smallest absolute Gasteiger partial charge is 0.151 e. The molecule has 0 saturated heterocycles. The fourth-order valence-electron chi connectivity index (χ4n) is 3.46. The lowest BCUT2D eigenvalue weighted by molar-refractivity contribution is 0.483. The molecule has 4 heteroatoms. The molecule has 0 saturated carbocycles. The van der Waals surface area contributed by atoms with E-state index in [4.69, 9.17) is 16.3 Å². The van der Waals surface area contributed by atoms with Crippen LogP contribution >= 0.6 is 11.6 Å². The van der Waals surface area contributed by atoms with Crippen molar-refractivity contribution < 1.29 is 4.74 Å². The summed E-state index contributed by atoms with van der Waals surface area (Å²) in [4.78, 5) is 3.36. The molecule has 2 N–H and O–H groups in total. The zero-order valence-corrected chi connectivity index (χ0v) is 14.0. The number of hydrogen-bond donors (Lipinski definition) is 2. The number of fused-ring (bicyclic) bond motifs is 3. The van der Waals surface area contributed by atoms with Gasteiger partial charge in [-0.3, -0.25) is 0 Å². The molecule has 1 aliphatic rings. The van der Waals surface area contributed by atoms with Gasteiger partial charge in [0, 0.05) is 28.2 Å². The van der Waals surface area contributed by atoms with E-state index in [2.05, 4.69) is 40.8 Å². The van der Waals surface area contributed by atoms with Gasteiger partial charge in [-0.2, -0.15) is 0 Å². The maximum atomic E-state index is 6.47. The predicted molar refractivity (Wildman–Crippen MR) is 102 cm³/mol. The van der Waals surface area contributed by atoms with Gasteiger partial charge in [0.1, 0.15) is 0 Å². The average Bonchev–Trinajstić information content (AvgIpc) is 2.99. The van der Waals surface area contributed by atoms with E-state index in [-0.39, 0.29) is 6.04 Å². The molecule has 2 heterocycles. The van der Waals surface area contributed by atoms with E-state index < -0.39 is 0 Å². The Bertz CT molecular complexity index is 1090. The summed E-state index contributed by atoms with van der Waals surface area (Å²) in [6, 6.07) is 22.1. The quantitative estimate of drug-likeness (QED) is 0.435. The van der Waals surface area contributed by atoms with Crippen LogP contribution in [-0.2, 0) is 0 Å². The minimum absolute atomic E-state index is 0.0616. The summed E-state index contributed by atoms with van der Waals surface area (Å²) in [7, 11) is 0. The monoisotopic (exact) mass is 346 g/mol. The molecule has 1 unspecified atom stereocenters. The van der Waals surface area contributed by atoms with Crippen LogP contribution in [-0.4, -0.2) is 4.98 Å². The maximum Gasteiger partial charge on any atom is 0.151 e. The molecule has 4 aromatic rings. The highest BCUT2D eigenvalue weighted by Gasteiger charge is 2.27. The fraction of sp³-hybridized carbons (Fsp3) is 0.0476. The summed E-state index contributed by atoms with van der Waals surface area (Å²) in [6.07, 6.45) is 2.06. The van der Waals surface area contributed by atoms with Crippen LogP contribution in [0, 0.1) is 0 Å². The van der Waals surface area contributed by atoms with Gasteiger partial charge in [0.2, 0.25) is 0 Å². The molecule has 0 bridgehead atoms. The molecule has 1 aliphatic heterocycles. The Labute approximate surface area is 150 Å². The normalized spacial score (nSPS) is 15.6. The number of nitrogens with one attached hydrogen (secondary N) is 2. The first-order valence-corrected chi connectivity index (χ1v) is 8.57. The van der Waals surface area contributed by atoms with Crippen molar-refractivity contribution in [3.05, 3.63) is 89.1 Å². The zero-order chi connectivity index (χ0) is 16.8. The van der Waals surface area contributed by atoms with Gasteiger partial charge in [-0.25, -0.2) is 0 Å². The van der Waals surface area contributed by atoms with Crippen LogP contribution in [0.25, 0.3) is 10.9 Å². The third kappa shape index (κ3) is 2.28. The van der Waals surface area contributed by atoms with Crippen molar-refractivity contribution in [3.8, 4) is 11.5 Å². The highest BCUT2D eigenvalue weighted by atomic mass is 35.5. The SMILES string of the molecule is Clc1cccc2c1Oc1ccccc1NC2c1c[nH]c2ccccc12. The minimum Gasteiger partial charge on any atom is -0.453 e. The van der Waals surface area contributed by atoms with Crippen molar-refractivity contribution in [3.63, 3.8) is 0 Å². The largest absolute Gasteiger partial charge is 0.453 e. The maximum absolute atomic E-state index is 6.47. The molecule has 3 aromatic carbocycles. The summed E-state index contributed by atoms with van der Waals surface area (Å²) in [5.41, 5.74) is 4.25. The van der Waals surface area contributed by atoms with E-state index in [9.17, 15) is 0 Å². The van der Waals surface area contributed by atoms with Gasteiger partial charge in [-0.05, 0) is 24.3 Å². The molecule has 3 nitrogen and oxygen atoms in total. The van der Waals surface area contributed by atoms with Crippen LogP contribution in [0.15, 0.2) is 72.9 Å². The van der Waals surface area contributed by atoms with Crippen molar-refractivity contribution in [2.24, 2.45) is 0 Å². The standard InChI is InChI=1S/C21H15ClN2O/c22-16-8-5-7-14-20(15-12-23-17-9-2-1-6-13(15)17)24-18-10-3-4-11-19(18)25-21(14)16/h1-12,20,23-24H. The van der Waals surface area contributed by atoms with Gasteiger partial charge in [0.25, 0.3) is 0 Å². The summed E-state index contributed by atoms with van der Waals surface area (Å²) in [5, 5.41) is 5.43. The molecule has 122 valence electrons. The zero-order valence-electron chi connectivity index (χ0n) is 13.3. The van der Waals surface area contributed by atoms with Crippen molar-refractivity contribution in [2.75, 3.05) is 5.32 Å². The number of anilines is 1. The van der Waals surface area contributed by atoms with Gasteiger partial charge in [0.05, 0.1) is 16.8 Å². The second-order valence-corrected chi connectivity index (χ2v) is 6.53. The molecule has 25 heavy (non-hydrogen) atoms. The Morgan fingerprint density at radius 1 is 0.840 bits per heavy atom. The molecule has 0 amide bonds. The van der Waals surface area contributed by atoms with Gasteiger partial charge in [-0.15, -0.1) is 0 Å². The van der Waals surface area contributed by atoms with E-state index in [0.717, 1.165) is 22.5 Å². The highest BCUT2D eigenvalue weighted by molar-refractivity contribution is 6.32. The number of ether oxygens (including phenoxy) is 1. The van der Waals surface area contributed by atoms with Gasteiger partial charge in [0.15, 0.2) is 11.5 Å². The molecule has 5 rings (SSSR count). The van der Waals surface area contributed by atoms with Gasteiger partial charge < -0.3 is 15.0 Å². The summed E-state index contributed by atoms with van der Waals surface area (Å²) >= 11 is 6.47. The lowest BCUT2D eigenvalue weighted by atomic mass is 9.97. The van der Waals surface area contributed by atoms with Crippen molar-refractivity contribution in [1.29, 1.82) is 0 Å². The second-order valence-electron chi connectivity index (χ2n) is 6.12. The Morgan fingerprint density at radius 2 is 1.68 bits per heavy atom. The number of rotatable bonds is 1. The van der Waals surface area contributed by atoms with E-state index in [1.165, 1.54) is 10.9 Å². The first-order chi connectivity index (χ1) is 12.3. The van der Waals surface area contributed by atoms with Crippen molar-refractivity contribution in [1.82, 2.24) is 4.98 Å². The fourth-order valence-corrected chi connectivity index (χ4v) is 3.68. The summed E-state index contributed by atoms with van der Waals surface area (Å²) in [5.74, 6) is 1.48. The Balaban J connectivity index is 1.77. The summed E-state index contributed by atoms with van der Waals surface area (Å²) < 4.78 is 6.17. The number of benzene rings is 3. The van der Waals surface area contributed by atoms with Crippen LogP contribution in [0.5, 0.6) is 11.5 Å². The van der Waals surface area contributed by atoms with Crippen LogP contribution in [0.2, 0.25) is 5.02 Å². The molecule has 1 atom stereocenters. The number of aromatic amines is 1. The summed E-state index contributed by atoms with van der Waals surface area (Å²) in [6.45, 7) is 0. The lowest BCUT2D eigenvalue weighted by Gasteiger charge is -2.19. The third-order valence-electron chi connectivity index (χ3n) is 4.64. The third-order valence-corrected chi connectivity index (χ3v) is 4.94. The molecule has 0 aliphatic carbocycles.